The molecule has 0 aromatic heterocycles. The second-order valence-corrected chi connectivity index (χ2v) is 7.34. The number of amides is 2. The van der Waals surface area contributed by atoms with Crippen LogP contribution in [-0.2, 0) is 19.6 Å². The summed E-state index contributed by atoms with van der Waals surface area (Å²) in [6, 6.07) is 6.24. The fourth-order valence-electron chi connectivity index (χ4n) is 1.52. The molecule has 0 fully saturated rings. The maximum absolute atomic E-state index is 12.0. The highest BCUT2D eigenvalue weighted by molar-refractivity contribution is 9.10. The van der Waals surface area contributed by atoms with Gasteiger partial charge in [0.05, 0.1) is 18.0 Å². The first-order valence-electron chi connectivity index (χ1n) is 6.52. The minimum Gasteiger partial charge on any atom is -0.352 e. The maximum Gasteiger partial charge on any atom is 0.242 e. The van der Waals surface area contributed by atoms with E-state index in [0.717, 1.165) is 0 Å². The lowest BCUT2D eigenvalue weighted by Crippen LogP contribution is -2.43. The van der Waals surface area contributed by atoms with Gasteiger partial charge >= 0.3 is 0 Å². The van der Waals surface area contributed by atoms with E-state index in [-0.39, 0.29) is 23.4 Å². The van der Waals surface area contributed by atoms with Crippen LogP contribution in [0.4, 0.5) is 0 Å². The number of benzene rings is 1. The van der Waals surface area contributed by atoms with Gasteiger partial charge in [-0.1, -0.05) is 12.1 Å². The lowest BCUT2D eigenvalue weighted by atomic mass is 10.4. The number of carbonyl (C=O) groups excluding carboxylic acids is 2. The molecule has 22 heavy (non-hydrogen) atoms. The van der Waals surface area contributed by atoms with Gasteiger partial charge in [0.15, 0.2) is 0 Å². The normalized spacial score (nSPS) is 11.3. The Morgan fingerprint density at radius 2 is 1.77 bits per heavy atom. The van der Waals surface area contributed by atoms with Crippen molar-refractivity contribution < 1.29 is 18.0 Å². The van der Waals surface area contributed by atoms with E-state index in [2.05, 4.69) is 31.3 Å². The first kappa shape index (κ1) is 18.6. The van der Waals surface area contributed by atoms with Gasteiger partial charge in [-0.2, -0.15) is 0 Å². The molecule has 2 amide bonds. The fourth-order valence-corrected chi connectivity index (χ4v) is 3.50. The molecule has 1 aromatic rings. The molecule has 0 aliphatic rings. The average molecular weight is 392 g/mol. The van der Waals surface area contributed by atoms with Crippen LogP contribution < -0.4 is 15.4 Å². The zero-order valence-electron chi connectivity index (χ0n) is 12.2. The second-order valence-electron chi connectivity index (χ2n) is 4.75. The minimum atomic E-state index is -3.80. The smallest absolute Gasteiger partial charge is 0.242 e. The van der Waals surface area contributed by atoms with Crippen LogP contribution in [0, 0.1) is 0 Å². The molecule has 3 N–H and O–H groups in total. The molecular formula is C13H18BrN3O4S. The summed E-state index contributed by atoms with van der Waals surface area (Å²) < 4.78 is 26.7. The van der Waals surface area contributed by atoms with Crippen LogP contribution in [0.5, 0.6) is 0 Å². The molecule has 0 aliphatic heterocycles. The number of halogens is 1. The van der Waals surface area contributed by atoms with Crippen molar-refractivity contribution in [1.82, 2.24) is 15.4 Å². The van der Waals surface area contributed by atoms with Gasteiger partial charge in [0.1, 0.15) is 0 Å². The van der Waals surface area contributed by atoms with Crippen molar-refractivity contribution in [2.24, 2.45) is 0 Å². The predicted molar refractivity (Wildman–Crippen MR) is 85.6 cm³/mol. The Kier molecular flexibility index (Phi) is 6.98. The van der Waals surface area contributed by atoms with E-state index in [4.69, 9.17) is 0 Å². The Morgan fingerprint density at radius 1 is 1.14 bits per heavy atom. The lowest BCUT2D eigenvalue weighted by molar-refractivity contribution is -0.125. The van der Waals surface area contributed by atoms with Crippen LogP contribution in [0.1, 0.15) is 13.8 Å². The predicted octanol–water partition coefficient (Wildman–Crippen LogP) is 0.368. The van der Waals surface area contributed by atoms with Gasteiger partial charge in [0.2, 0.25) is 21.8 Å². The third-order valence-electron chi connectivity index (χ3n) is 2.44. The van der Waals surface area contributed by atoms with Gasteiger partial charge in [-0.25, -0.2) is 13.1 Å². The average Bonchev–Trinajstić information content (AvgIpc) is 2.42. The molecule has 1 rings (SSSR count). The number of rotatable bonds is 7. The summed E-state index contributed by atoms with van der Waals surface area (Å²) in [4.78, 5) is 23.0. The number of nitrogens with one attached hydrogen (secondary N) is 3. The van der Waals surface area contributed by atoms with E-state index < -0.39 is 22.5 Å². The summed E-state index contributed by atoms with van der Waals surface area (Å²) >= 11 is 3.14. The minimum absolute atomic E-state index is 0.0293. The van der Waals surface area contributed by atoms with E-state index in [1.54, 1.807) is 32.0 Å². The number of hydrogen-bond acceptors (Lipinski definition) is 4. The van der Waals surface area contributed by atoms with Crippen molar-refractivity contribution in [3.05, 3.63) is 28.7 Å². The van der Waals surface area contributed by atoms with E-state index >= 15 is 0 Å². The molecule has 0 radical (unpaired) electrons. The van der Waals surface area contributed by atoms with Crippen LogP contribution in [0.2, 0.25) is 0 Å². The molecule has 0 saturated heterocycles. The van der Waals surface area contributed by atoms with E-state index in [0.29, 0.717) is 4.47 Å². The SMILES string of the molecule is CC(C)NC(=O)CNC(=O)CNS(=O)(=O)c1ccccc1Br. The summed E-state index contributed by atoms with van der Waals surface area (Å²) in [5.41, 5.74) is 0. The number of sulfonamides is 1. The quantitative estimate of drug-likeness (QED) is 0.624. The highest BCUT2D eigenvalue weighted by atomic mass is 79.9. The lowest BCUT2D eigenvalue weighted by Gasteiger charge is -2.10. The molecule has 0 heterocycles. The third kappa shape index (κ3) is 6.12. The van der Waals surface area contributed by atoms with Crippen molar-refractivity contribution in [2.45, 2.75) is 24.8 Å². The molecule has 0 bridgehead atoms. The van der Waals surface area contributed by atoms with Crippen LogP contribution in [0.3, 0.4) is 0 Å². The standard InChI is InChI=1S/C13H18BrN3O4S/c1-9(2)17-13(19)7-15-12(18)8-16-22(20,21)11-6-4-3-5-10(11)14/h3-6,9,16H,7-8H2,1-2H3,(H,15,18)(H,17,19). The van der Waals surface area contributed by atoms with Gasteiger partial charge in [-0.15, -0.1) is 0 Å². The monoisotopic (exact) mass is 391 g/mol. The zero-order chi connectivity index (χ0) is 16.8. The van der Waals surface area contributed by atoms with Crippen molar-refractivity contribution in [1.29, 1.82) is 0 Å². The van der Waals surface area contributed by atoms with Crippen LogP contribution in [0.25, 0.3) is 0 Å². The highest BCUT2D eigenvalue weighted by Gasteiger charge is 2.18. The molecule has 122 valence electrons. The highest BCUT2D eigenvalue weighted by Crippen LogP contribution is 2.20. The van der Waals surface area contributed by atoms with Crippen molar-refractivity contribution in [3.63, 3.8) is 0 Å². The molecule has 1 aromatic carbocycles. The zero-order valence-corrected chi connectivity index (χ0v) is 14.6. The summed E-state index contributed by atoms with van der Waals surface area (Å²) in [6.45, 7) is 2.95. The summed E-state index contributed by atoms with van der Waals surface area (Å²) in [5.74, 6) is -0.924. The van der Waals surface area contributed by atoms with Gasteiger partial charge in [-0.05, 0) is 41.9 Å². The van der Waals surface area contributed by atoms with Crippen molar-refractivity contribution >= 4 is 37.8 Å². The summed E-state index contributed by atoms with van der Waals surface area (Å²) in [7, 11) is -3.80. The maximum atomic E-state index is 12.0. The van der Waals surface area contributed by atoms with E-state index in [1.807, 2.05) is 0 Å². The molecule has 0 atom stereocenters. The third-order valence-corrected chi connectivity index (χ3v) is 4.86. The number of hydrogen-bond donors (Lipinski definition) is 3. The van der Waals surface area contributed by atoms with Gasteiger partial charge in [0.25, 0.3) is 0 Å². The Labute approximate surface area is 138 Å². The first-order chi connectivity index (χ1) is 10.2. The molecule has 7 nitrogen and oxygen atoms in total. The van der Waals surface area contributed by atoms with Crippen molar-refractivity contribution in [2.75, 3.05) is 13.1 Å². The first-order valence-corrected chi connectivity index (χ1v) is 8.80. The fraction of sp³-hybridized carbons (Fsp3) is 0.385. The molecule has 0 unspecified atom stereocenters. The largest absolute Gasteiger partial charge is 0.352 e. The van der Waals surface area contributed by atoms with Gasteiger partial charge < -0.3 is 10.6 Å². The van der Waals surface area contributed by atoms with E-state index in [1.165, 1.54) is 6.07 Å². The molecule has 9 heteroatoms. The molecule has 0 aliphatic carbocycles. The Morgan fingerprint density at radius 3 is 2.36 bits per heavy atom. The Bertz CT molecular complexity index is 646. The van der Waals surface area contributed by atoms with Gasteiger partial charge in [0, 0.05) is 10.5 Å². The summed E-state index contributed by atoms with van der Waals surface area (Å²) in [5, 5.41) is 4.94. The second kappa shape index (κ2) is 8.25. The Balaban J connectivity index is 2.50. The molecular weight excluding hydrogens is 374 g/mol. The van der Waals surface area contributed by atoms with Crippen molar-refractivity contribution in [3.8, 4) is 0 Å². The topological polar surface area (TPSA) is 104 Å². The molecule has 0 saturated carbocycles. The summed E-state index contributed by atoms with van der Waals surface area (Å²) in [6.07, 6.45) is 0. The van der Waals surface area contributed by atoms with Crippen LogP contribution >= 0.6 is 15.9 Å². The Hall–Kier alpha value is -1.45. The molecule has 0 spiro atoms. The van der Waals surface area contributed by atoms with Gasteiger partial charge in [-0.3, -0.25) is 9.59 Å². The van der Waals surface area contributed by atoms with Crippen LogP contribution in [0.15, 0.2) is 33.6 Å². The number of carbonyl (C=O) groups is 2. The van der Waals surface area contributed by atoms with E-state index in [9.17, 15) is 18.0 Å². The van der Waals surface area contributed by atoms with Crippen LogP contribution in [-0.4, -0.2) is 39.4 Å².